The van der Waals surface area contributed by atoms with Gasteiger partial charge in [-0.2, -0.15) is 5.10 Å². The van der Waals surface area contributed by atoms with Gasteiger partial charge in [-0.05, 0) is 74.4 Å². The fourth-order valence-electron chi connectivity index (χ4n) is 3.38. The van der Waals surface area contributed by atoms with Crippen LogP contribution in [-0.2, 0) is 14.4 Å². The molecule has 0 aromatic heterocycles. The summed E-state index contributed by atoms with van der Waals surface area (Å²) >= 11 is 3.35. The second-order valence-electron chi connectivity index (χ2n) is 7.95. The number of aryl methyl sites for hydroxylation is 3. The van der Waals surface area contributed by atoms with Gasteiger partial charge >= 0.3 is 11.8 Å². The van der Waals surface area contributed by atoms with Gasteiger partial charge in [0.05, 0.1) is 6.21 Å². The number of nitrogens with one attached hydrogen (secondary N) is 3. The summed E-state index contributed by atoms with van der Waals surface area (Å²) in [4.78, 5) is 36.5. The molecule has 0 aliphatic rings. The first-order valence-corrected chi connectivity index (χ1v) is 11.6. The zero-order valence-corrected chi connectivity index (χ0v) is 21.4. The van der Waals surface area contributed by atoms with Gasteiger partial charge in [-0.15, -0.1) is 0 Å². The van der Waals surface area contributed by atoms with Crippen molar-refractivity contribution in [3.63, 3.8) is 0 Å². The van der Waals surface area contributed by atoms with Crippen molar-refractivity contribution in [2.45, 2.75) is 20.8 Å². The van der Waals surface area contributed by atoms with Crippen molar-refractivity contribution >= 4 is 51.2 Å². The second kappa shape index (κ2) is 12.1. The maximum absolute atomic E-state index is 13.0. The first-order valence-electron chi connectivity index (χ1n) is 10.8. The van der Waals surface area contributed by atoms with Gasteiger partial charge in [-0.3, -0.25) is 14.4 Å². The Balaban J connectivity index is 1.60. The minimum atomic E-state index is -1.02. The fourth-order valence-corrected chi connectivity index (χ4v) is 3.76. The van der Waals surface area contributed by atoms with Gasteiger partial charge in [0.2, 0.25) is 0 Å². The molecule has 8 nitrogen and oxygen atoms in total. The van der Waals surface area contributed by atoms with E-state index in [0.717, 1.165) is 34.5 Å². The van der Waals surface area contributed by atoms with Crippen molar-refractivity contribution in [3.05, 3.63) is 87.1 Å². The molecule has 0 unspecified atom stereocenters. The van der Waals surface area contributed by atoms with Gasteiger partial charge in [0.15, 0.2) is 6.61 Å². The Hall–Kier alpha value is -4.05. The van der Waals surface area contributed by atoms with Crippen molar-refractivity contribution in [1.82, 2.24) is 5.43 Å². The Labute approximate surface area is 216 Å². The smallest absolute Gasteiger partial charge is 0.329 e. The lowest BCUT2D eigenvalue weighted by molar-refractivity contribution is -0.136. The van der Waals surface area contributed by atoms with Crippen LogP contribution in [0.5, 0.6) is 5.75 Å². The molecule has 3 aromatic carbocycles. The number of rotatable bonds is 7. The van der Waals surface area contributed by atoms with E-state index >= 15 is 0 Å². The minimum absolute atomic E-state index is 0.248. The van der Waals surface area contributed by atoms with Crippen LogP contribution in [0.4, 0.5) is 15.8 Å². The zero-order valence-electron chi connectivity index (χ0n) is 19.8. The van der Waals surface area contributed by atoms with Crippen LogP contribution in [0, 0.1) is 26.6 Å². The van der Waals surface area contributed by atoms with Gasteiger partial charge in [-0.1, -0.05) is 33.6 Å². The number of carbonyl (C=O) groups is 3. The van der Waals surface area contributed by atoms with E-state index in [-0.39, 0.29) is 18.2 Å². The van der Waals surface area contributed by atoms with Gasteiger partial charge in [-0.25, -0.2) is 9.82 Å². The Morgan fingerprint density at radius 1 is 0.944 bits per heavy atom. The Kier molecular flexibility index (Phi) is 8.91. The molecule has 0 heterocycles. The molecule has 0 aliphatic heterocycles. The monoisotopic (exact) mass is 554 g/mol. The second-order valence-corrected chi connectivity index (χ2v) is 8.87. The third-order valence-electron chi connectivity index (χ3n) is 4.95. The predicted molar refractivity (Wildman–Crippen MR) is 140 cm³/mol. The number of hydrogen-bond donors (Lipinski definition) is 3. The Morgan fingerprint density at radius 3 is 2.28 bits per heavy atom. The summed E-state index contributed by atoms with van der Waals surface area (Å²) in [6.45, 7) is 5.59. The maximum atomic E-state index is 13.0. The molecule has 186 valence electrons. The Morgan fingerprint density at radius 2 is 1.61 bits per heavy atom. The lowest BCUT2D eigenvalue weighted by atomic mass is 10.1. The molecule has 3 aromatic rings. The molecule has 3 rings (SSSR count). The standard InChI is InChI=1S/C26H24BrFN4O4/c1-15-10-16(2)24(17(3)11-15)31-23(33)14-36-22-9-4-19(27)12-18(22)13-29-32-26(35)25(34)30-21-7-5-20(28)6-8-21/h4-13H,14H2,1-3H3,(H,30,34)(H,31,33)(H,32,35)/b29-13-. The van der Waals surface area contributed by atoms with Gasteiger partial charge in [0.1, 0.15) is 11.6 Å². The number of hydrazone groups is 1. The van der Waals surface area contributed by atoms with Crippen LogP contribution in [0.3, 0.4) is 0 Å². The predicted octanol–water partition coefficient (Wildman–Crippen LogP) is 4.62. The third kappa shape index (κ3) is 7.47. The first kappa shape index (κ1) is 26.6. The molecule has 0 spiro atoms. The number of carbonyl (C=O) groups excluding carboxylic acids is 3. The summed E-state index contributed by atoms with van der Waals surface area (Å²) < 4.78 is 19.4. The molecule has 0 saturated heterocycles. The van der Waals surface area contributed by atoms with Crippen molar-refractivity contribution < 1.29 is 23.5 Å². The van der Waals surface area contributed by atoms with Crippen molar-refractivity contribution in [2.75, 3.05) is 17.2 Å². The molecule has 0 atom stereocenters. The molecular formula is C26H24BrFN4O4. The minimum Gasteiger partial charge on any atom is -0.483 e. The van der Waals surface area contributed by atoms with Crippen LogP contribution in [0.1, 0.15) is 22.3 Å². The van der Waals surface area contributed by atoms with E-state index in [1.54, 1.807) is 18.2 Å². The molecule has 10 heteroatoms. The van der Waals surface area contributed by atoms with Crippen molar-refractivity contribution in [1.29, 1.82) is 0 Å². The molecule has 0 aliphatic carbocycles. The average molecular weight is 555 g/mol. The highest BCUT2D eigenvalue weighted by Crippen LogP contribution is 2.23. The van der Waals surface area contributed by atoms with Crippen molar-refractivity contribution in [3.8, 4) is 5.75 Å². The molecule has 36 heavy (non-hydrogen) atoms. The number of anilines is 2. The number of benzene rings is 3. The van der Waals surface area contributed by atoms with E-state index in [1.165, 1.54) is 18.3 Å². The maximum Gasteiger partial charge on any atom is 0.329 e. The van der Waals surface area contributed by atoms with Crippen LogP contribution in [-0.4, -0.2) is 30.5 Å². The summed E-state index contributed by atoms with van der Waals surface area (Å²) in [5, 5.41) is 9.00. The molecule has 3 amide bonds. The number of hydrogen-bond acceptors (Lipinski definition) is 5. The third-order valence-corrected chi connectivity index (χ3v) is 5.44. The topological polar surface area (TPSA) is 109 Å². The quantitative estimate of drug-likeness (QED) is 0.225. The van der Waals surface area contributed by atoms with E-state index in [0.29, 0.717) is 15.8 Å². The average Bonchev–Trinajstić information content (AvgIpc) is 2.82. The summed E-state index contributed by atoms with van der Waals surface area (Å²) in [7, 11) is 0. The fraction of sp³-hybridized carbons (Fsp3) is 0.154. The van der Waals surface area contributed by atoms with Crippen LogP contribution in [0.2, 0.25) is 0 Å². The highest BCUT2D eigenvalue weighted by molar-refractivity contribution is 9.10. The lowest BCUT2D eigenvalue weighted by Crippen LogP contribution is -2.32. The van der Waals surface area contributed by atoms with Crippen molar-refractivity contribution in [2.24, 2.45) is 5.10 Å². The van der Waals surface area contributed by atoms with Crippen LogP contribution >= 0.6 is 15.9 Å². The zero-order chi connectivity index (χ0) is 26.2. The van der Waals surface area contributed by atoms with E-state index in [9.17, 15) is 18.8 Å². The molecule has 0 saturated carbocycles. The van der Waals surface area contributed by atoms with Crippen LogP contribution < -0.4 is 20.8 Å². The van der Waals surface area contributed by atoms with Gasteiger partial charge in [0.25, 0.3) is 5.91 Å². The molecule has 0 fully saturated rings. The number of nitrogens with zero attached hydrogens (tertiary/aromatic N) is 1. The molecule has 0 bridgehead atoms. The van der Waals surface area contributed by atoms with Crippen LogP contribution in [0.15, 0.2) is 64.2 Å². The Bertz CT molecular complexity index is 1300. The lowest BCUT2D eigenvalue weighted by Gasteiger charge is -2.14. The molecule has 0 radical (unpaired) electrons. The first-order chi connectivity index (χ1) is 17.1. The summed E-state index contributed by atoms with van der Waals surface area (Å²) in [5.74, 6) is -2.44. The van der Waals surface area contributed by atoms with E-state index < -0.39 is 17.6 Å². The highest BCUT2D eigenvalue weighted by Gasteiger charge is 2.14. The summed E-state index contributed by atoms with van der Waals surface area (Å²) in [6, 6.07) is 14.0. The largest absolute Gasteiger partial charge is 0.483 e. The molecular weight excluding hydrogens is 531 g/mol. The van der Waals surface area contributed by atoms with Gasteiger partial charge < -0.3 is 15.4 Å². The number of halogens is 2. The van der Waals surface area contributed by atoms with E-state index in [4.69, 9.17) is 4.74 Å². The van der Waals surface area contributed by atoms with Gasteiger partial charge in [0, 0.05) is 21.4 Å². The van der Waals surface area contributed by atoms with E-state index in [1.807, 2.05) is 32.9 Å². The highest BCUT2D eigenvalue weighted by atomic mass is 79.9. The number of ether oxygens (including phenoxy) is 1. The molecule has 3 N–H and O–H groups in total. The van der Waals surface area contributed by atoms with Crippen LogP contribution in [0.25, 0.3) is 0 Å². The normalized spacial score (nSPS) is 10.7. The summed E-state index contributed by atoms with van der Waals surface area (Å²) in [6.07, 6.45) is 1.29. The summed E-state index contributed by atoms with van der Waals surface area (Å²) in [5.41, 5.74) is 6.60. The van der Waals surface area contributed by atoms with E-state index in [2.05, 4.69) is 37.1 Å². The SMILES string of the molecule is Cc1cc(C)c(NC(=O)COc2ccc(Br)cc2/C=N\NC(=O)C(=O)Nc2ccc(F)cc2)c(C)c1. The number of amides is 3.